The lowest BCUT2D eigenvalue weighted by Crippen LogP contribution is -2.38. The number of pyridine rings is 2. The summed E-state index contributed by atoms with van der Waals surface area (Å²) in [6.45, 7) is 4.40. The summed E-state index contributed by atoms with van der Waals surface area (Å²) in [5.74, 6) is -0.550. The summed E-state index contributed by atoms with van der Waals surface area (Å²) in [6, 6.07) is 15.2. The molecule has 2 aromatic heterocycles. The molecule has 4 aromatic rings. The van der Waals surface area contributed by atoms with Gasteiger partial charge in [0.1, 0.15) is 16.8 Å². The third-order valence-electron chi connectivity index (χ3n) is 7.51. The number of allylic oxidation sites excluding steroid dienone is 4. The van der Waals surface area contributed by atoms with E-state index in [2.05, 4.69) is 30.8 Å². The second kappa shape index (κ2) is 13.6. The van der Waals surface area contributed by atoms with Gasteiger partial charge in [-0.05, 0) is 51.7 Å². The number of morpholine rings is 1. The van der Waals surface area contributed by atoms with Gasteiger partial charge in [-0.15, -0.1) is 0 Å². The fraction of sp³-hybridized carbons (Fsp3) is 0.235. The van der Waals surface area contributed by atoms with Crippen molar-refractivity contribution in [1.82, 2.24) is 14.9 Å². The Bertz CT molecular complexity index is 1770. The number of ketones is 2. The summed E-state index contributed by atoms with van der Waals surface area (Å²) in [6.07, 6.45) is 6.97. The summed E-state index contributed by atoms with van der Waals surface area (Å²) in [5, 5.41) is 0.573. The van der Waals surface area contributed by atoms with Crippen LogP contribution in [0.1, 0.15) is 17.5 Å². The van der Waals surface area contributed by atoms with Crippen molar-refractivity contribution in [2.45, 2.75) is 12.8 Å². The smallest absolute Gasteiger partial charge is 0.230 e. The molecule has 0 atom stereocenters. The number of benzene rings is 2. The Hall–Kier alpha value is -4.25. The van der Waals surface area contributed by atoms with E-state index in [0.717, 1.165) is 38.4 Å². The van der Waals surface area contributed by atoms with E-state index in [9.17, 15) is 9.59 Å². The molecule has 0 radical (unpaired) electrons. The summed E-state index contributed by atoms with van der Waals surface area (Å²) < 4.78 is 33.0. The molecule has 1 aliphatic carbocycles. The van der Waals surface area contributed by atoms with Crippen LogP contribution in [-0.2, 0) is 20.7 Å². The highest BCUT2D eigenvalue weighted by Crippen LogP contribution is 2.36. The number of rotatable bonds is 10. The van der Waals surface area contributed by atoms with Crippen molar-refractivity contribution in [3.63, 3.8) is 0 Å². The van der Waals surface area contributed by atoms with Crippen LogP contribution in [0.15, 0.2) is 89.2 Å². The van der Waals surface area contributed by atoms with Crippen LogP contribution in [0.3, 0.4) is 0 Å². The maximum absolute atomic E-state index is 15.2. The first kappa shape index (κ1) is 29.8. The Morgan fingerprint density at radius 3 is 2.64 bits per heavy atom. The molecule has 0 N–H and O–H groups in total. The number of aromatic nitrogens is 2. The minimum Gasteiger partial charge on any atom is -0.475 e. The number of halogens is 2. The van der Waals surface area contributed by atoms with Gasteiger partial charge in [0.25, 0.3) is 0 Å². The molecule has 0 bridgehead atoms. The quantitative estimate of drug-likeness (QED) is 0.188. The van der Waals surface area contributed by atoms with Crippen LogP contribution in [-0.4, -0.2) is 65.9 Å². The Labute approximate surface area is 262 Å². The highest BCUT2D eigenvalue weighted by molar-refractivity contribution is 9.10. The van der Waals surface area contributed by atoms with Gasteiger partial charge in [-0.25, -0.2) is 9.37 Å². The van der Waals surface area contributed by atoms with Gasteiger partial charge >= 0.3 is 0 Å². The molecule has 1 aliphatic heterocycles. The summed E-state index contributed by atoms with van der Waals surface area (Å²) in [7, 11) is 0. The van der Waals surface area contributed by atoms with E-state index in [1.54, 1.807) is 30.6 Å². The third kappa shape index (κ3) is 6.62. The van der Waals surface area contributed by atoms with Crippen LogP contribution in [0.5, 0.6) is 17.4 Å². The normalized spacial score (nSPS) is 15.5. The minimum atomic E-state index is -0.635. The zero-order chi connectivity index (χ0) is 30.5. The molecule has 1 fully saturated rings. The van der Waals surface area contributed by atoms with E-state index in [0.29, 0.717) is 51.2 Å². The number of ether oxygens (including phenoxy) is 3. The maximum Gasteiger partial charge on any atom is 0.230 e. The Kier molecular flexibility index (Phi) is 9.20. The van der Waals surface area contributed by atoms with E-state index >= 15 is 4.39 Å². The average Bonchev–Trinajstić information content (AvgIpc) is 3.04. The van der Waals surface area contributed by atoms with Crippen molar-refractivity contribution in [2.24, 2.45) is 0 Å². The molecule has 10 heteroatoms. The van der Waals surface area contributed by atoms with Gasteiger partial charge in [0.15, 0.2) is 23.1 Å². The van der Waals surface area contributed by atoms with Gasteiger partial charge in [0, 0.05) is 44.0 Å². The van der Waals surface area contributed by atoms with Gasteiger partial charge in [-0.3, -0.25) is 19.5 Å². The molecular formula is C34H29BrFN3O5. The first-order valence-corrected chi connectivity index (χ1v) is 15.1. The molecular weight excluding hydrogens is 629 g/mol. The highest BCUT2D eigenvalue weighted by Gasteiger charge is 2.25. The van der Waals surface area contributed by atoms with Crippen LogP contribution in [0.4, 0.5) is 4.39 Å². The molecule has 0 spiro atoms. The molecule has 224 valence electrons. The van der Waals surface area contributed by atoms with Crippen molar-refractivity contribution in [2.75, 3.05) is 39.5 Å². The van der Waals surface area contributed by atoms with E-state index in [1.165, 1.54) is 12.1 Å². The fourth-order valence-electron chi connectivity index (χ4n) is 5.19. The Morgan fingerprint density at radius 1 is 1.02 bits per heavy atom. The van der Waals surface area contributed by atoms with Crippen LogP contribution in [0, 0.1) is 5.82 Å². The highest BCUT2D eigenvalue weighted by atomic mass is 79.9. The zero-order valence-electron chi connectivity index (χ0n) is 23.8. The van der Waals surface area contributed by atoms with Crippen LogP contribution in [0.25, 0.3) is 16.5 Å². The van der Waals surface area contributed by atoms with E-state index in [-0.39, 0.29) is 29.3 Å². The van der Waals surface area contributed by atoms with Crippen LogP contribution in [0.2, 0.25) is 0 Å². The summed E-state index contributed by atoms with van der Waals surface area (Å²) in [4.78, 5) is 37.3. The number of hydrogen-bond donors (Lipinski definition) is 0. The van der Waals surface area contributed by atoms with Crippen LogP contribution < -0.4 is 9.47 Å². The van der Waals surface area contributed by atoms with Crippen molar-refractivity contribution in [3.8, 4) is 17.4 Å². The third-order valence-corrected chi connectivity index (χ3v) is 8.22. The lowest BCUT2D eigenvalue weighted by molar-refractivity contribution is -0.118. The molecule has 2 aromatic carbocycles. The number of carbonyl (C=O) groups is 2. The molecule has 1 saturated heterocycles. The van der Waals surface area contributed by atoms with E-state index in [1.807, 2.05) is 36.4 Å². The van der Waals surface area contributed by atoms with Crippen molar-refractivity contribution in [3.05, 3.63) is 106 Å². The van der Waals surface area contributed by atoms with Gasteiger partial charge in [0.05, 0.1) is 29.7 Å². The molecule has 2 aliphatic rings. The van der Waals surface area contributed by atoms with Crippen molar-refractivity contribution < 1.29 is 28.2 Å². The number of hydrogen-bond acceptors (Lipinski definition) is 8. The van der Waals surface area contributed by atoms with Crippen molar-refractivity contribution >= 4 is 44.0 Å². The molecule has 0 saturated carbocycles. The topological polar surface area (TPSA) is 90.8 Å². The molecule has 0 unspecified atom stereocenters. The number of Topliss-reactive ketones (excluding diaryl/α,β-unsaturated/α-hetero) is 2. The standard InChI is InChI=1S/C34H29BrFN3O5/c35-31-32-26(21-38-34(31)43-18-15-39-13-16-42-17-14-39)29(11-12-37-32)44-30-10-9-22(19-27(30)36)20-28(40)25-8-4-7-24(33(25)41)23-5-2-1-3-6-23/h1-3,5-12,19,21H,4,13-18,20H2. The lowest BCUT2D eigenvalue weighted by Gasteiger charge is -2.26. The number of carbonyl (C=O) groups excluding carboxylic acids is 2. The van der Waals surface area contributed by atoms with E-state index < -0.39 is 5.82 Å². The molecule has 8 nitrogen and oxygen atoms in total. The average molecular weight is 659 g/mol. The second-order valence-corrected chi connectivity index (χ2v) is 11.2. The first-order chi connectivity index (χ1) is 21.5. The second-order valence-electron chi connectivity index (χ2n) is 10.4. The van der Waals surface area contributed by atoms with Crippen LogP contribution >= 0.6 is 15.9 Å². The zero-order valence-corrected chi connectivity index (χ0v) is 25.4. The minimum absolute atomic E-state index is 0.0158. The number of fused-ring (bicyclic) bond motifs is 1. The first-order valence-electron chi connectivity index (χ1n) is 14.3. The summed E-state index contributed by atoms with van der Waals surface area (Å²) in [5.41, 5.74) is 2.39. The SMILES string of the molecule is O=C(Cc1ccc(Oc2ccnc3c(Br)c(OCCN4CCOCC4)ncc23)c(F)c1)C1=CCC=C(c2ccccc2)C1=O. The molecule has 6 rings (SSSR count). The largest absolute Gasteiger partial charge is 0.475 e. The predicted octanol–water partition coefficient (Wildman–Crippen LogP) is 6.13. The lowest BCUT2D eigenvalue weighted by atomic mass is 9.88. The predicted molar refractivity (Wildman–Crippen MR) is 167 cm³/mol. The van der Waals surface area contributed by atoms with Gasteiger partial charge in [-0.1, -0.05) is 48.6 Å². The Morgan fingerprint density at radius 2 is 1.84 bits per heavy atom. The fourth-order valence-corrected chi connectivity index (χ4v) is 5.72. The van der Waals surface area contributed by atoms with Crippen molar-refractivity contribution in [1.29, 1.82) is 0 Å². The van der Waals surface area contributed by atoms with Gasteiger partial charge in [0.2, 0.25) is 5.88 Å². The number of nitrogens with zero attached hydrogens (tertiary/aromatic N) is 3. The maximum atomic E-state index is 15.2. The molecule has 44 heavy (non-hydrogen) atoms. The molecule has 0 amide bonds. The van der Waals surface area contributed by atoms with Gasteiger partial charge < -0.3 is 14.2 Å². The van der Waals surface area contributed by atoms with E-state index in [4.69, 9.17) is 14.2 Å². The monoisotopic (exact) mass is 657 g/mol. The Balaban J connectivity index is 1.12. The van der Waals surface area contributed by atoms with Gasteiger partial charge in [-0.2, -0.15) is 0 Å². The molecule has 3 heterocycles. The summed E-state index contributed by atoms with van der Waals surface area (Å²) >= 11 is 3.55.